The Morgan fingerprint density at radius 1 is 1.29 bits per heavy atom. The summed E-state index contributed by atoms with van der Waals surface area (Å²) >= 11 is 6.03. The van der Waals surface area contributed by atoms with Crippen LogP contribution in [-0.2, 0) is 14.3 Å². The van der Waals surface area contributed by atoms with E-state index in [0.29, 0.717) is 17.1 Å². The van der Waals surface area contributed by atoms with Gasteiger partial charge in [0.05, 0.1) is 24.0 Å². The number of carboxylic acids is 1. The lowest BCUT2D eigenvalue weighted by Crippen LogP contribution is -2.40. The summed E-state index contributed by atoms with van der Waals surface area (Å²) < 4.78 is 5.59. The number of hydrogen-bond donors (Lipinski definition) is 2. The van der Waals surface area contributed by atoms with Gasteiger partial charge in [0, 0.05) is 10.7 Å². The van der Waals surface area contributed by atoms with Crippen molar-refractivity contribution in [2.24, 2.45) is 11.8 Å². The van der Waals surface area contributed by atoms with Crippen molar-refractivity contribution >= 4 is 29.2 Å². The topological polar surface area (TPSA) is 75.6 Å². The number of anilines is 1. The summed E-state index contributed by atoms with van der Waals surface area (Å²) in [4.78, 5) is 23.8. The van der Waals surface area contributed by atoms with E-state index < -0.39 is 17.8 Å². The highest BCUT2D eigenvalue weighted by atomic mass is 35.5. The Bertz CT molecular complexity index is 603. The molecule has 3 rings (SSSR count). The number of aryl methyl sites for hydroxylation is 1. The van der Waals surface area contributed by atoms with Crippen molar-refractivity contribution in [2.75, 3.05) is 5.32 Å². The van der Waals surface area contributed by atoms with Crippen LogP contribution in [-0.4, -0.2) is 29.2 Å². The third kappa shape index (κ3) is 2.51. The van der Waals surface area contributed by atoms with Gasteiger partial charge in [-0.25, -0.2) is 0 Å². The minimum absolute atomic E-state index is 0.294. The molecule has 2 aliphatic rings. The van der Waals surface area contributed by atoms with E-state index >= 15 is 0 Å². The maximum atomic E-state index is 12.4. The zero-order valence-electron chi connectivity index (χ0n) is 11.5. The van der Waals surface area contributed by atoms with Crippen molar-refractivity contribution in [3.05, 3.63) is 28.8 Å². The van der Waals surface area contributed by atoms with E-state index in [0.717, 1.165) is 12.0 Å². The van der Waals surface area contributed by atoms with Gasteiger partial charge in [-0.2, -0.15) is 0 Å². The van der Waals surface area contributed by atoms with E-state index in [2.05, 4.69) is 5.32 Å². The summed E-state index contributed by atoms with van der Waals surface area (Å²) in [5.41, 5.74) is 1.49. The Morgan fingerprint density at radius 2 is 1.95 bits per heavy atom. The quantitative estimate of drug-likeness (QED) is 0.899. The van der Waals surface area contributed by atoms with Crippen molar-refractivity contribution in [1.29, 1.82) is 0 Å². The Morgan fingerprint density at radius 3 is 2.57 bits per heavy atom. The van der Waals surface area contributed by atoms with E-state index in [1.54, 1.807) is 12.1 Å². The van der Waals surface area contributed by atoms with Gasteiger partial charge < -0.3 is 15.2 Å². The van der Waals surface area contributed by atoms with Crippen LogP contribution in [0.2, 0.25) is 5.02 Å². The molecule has 1 aromatic rings. The number of carboxylic acid groups (broad SMARTS) is 1. The Hall–Kier alpha value is -1.59. The fourth-order valence-corrected chi connectivity index (χ4v) is 3.40. The molecule has 2 bridgehead atoms. The lowest BCUT2D eigenvalue weighted by atomic mass is 9.78. The molecule has 0 spiro atoms. The maximum absolute atomic E-state index is 12.4. The molecule has 2 N–H and O–H groups in total. The van der Waals surface area contributed by atoms with Crippen molar-refractivity contribution < 1.29 is 19.4 Å². The van der Waals surface area contributed by atoms with Crippen molar-refractivity contribution in [3.8, 4) is 0 Å². The highest BCUT2D eigenvalue weighted by Gasteiger charge is 2.55. The highest BCUT2D eigenvalue weighted by Crippen LogP contribution is 2.44. The Kier molecular flexibility index (Phi) is 3.63. The van der Waals surface area contributed by atoms with Crippen molar-refractivity contribution in [2.45, 2.75) is 32.0 Å². The standard InChI is InChI=1S/C15H16ClNO4/c1-7-2-3-8(6-9(7)16)17-14(18)12-10-4-5-11(21-10)13(12)15(19)20/h2-3,6,10-13H,4-5H2,1H3,(H,17,18)(H,19,20)/t10-,11+,12+,13+/m1/s1. The normalized spacial score (nSPS) is 30.4. The molecule has 0 aliphatic carbocycles. The number of halogens is 1. The van der Waals surface area contributed by atoms with Gasteiger partial charge in [-0.3, -0.25) is 9.59 Å². The van der Waals surface area contributed by atoms with Crippen LogP contribution in [0.4, 0.5) is 5.69 Å². The summed E-state index contributed by atoms with van der Waals surface area (Å²) in [6, 6.07) is 5.23. The zero-order chi connectivity index (χ0) is 15.1. The van der Waals surface area contributed by atoms with Gasteiger partial charge in [-0.05, 0) is 37.5 Å². The summed E-state index contributed by atoms with van der Waals surface area (Å²) in [5.74, 6) is -2.68. The molecule has 2 fully saturated rings. The first-order valence-corrected chi connectivity index (χ1v) is 7.30. The number of benzene rings is 1. The third-order valence-corrected chi connectivity index (χ3v) is 4.71. The molecule has 0 unspecified atom stereocenters. The van der Waals surface area contributed by atoms with E-state index in [9.17, 15) is 14.7 Å². The predicted molar refractivity (Wildman–Crippen MR) is 77.3 cm³/mol. The van der Waals surface area contributed by atoms with Crippen LogP contribution >= 0.6 is 11.6 Å². The number of carbonyl (C=O) groups is 2. The van der Waals surface area contributed by atoms with Crippen LogP contribution in [0.3, 0.4) is 0 Å². The largest absolute Gasteiger partial charge is 0.481 e. The van der Waals surface area contributed by atoms with Gasteiger partial charge in [0.15, 0.2) is 0 Å². The molecule has 0 saturated carbocycles. The molecule has 1 aromatic carbocycles. The lowest BCUT2D eigenvalue weighted by Gasteiger charge is -2.23. The van der Waals surface area contributed by atoms with Crippen LogP contribution in [0.5, 0.6) is 0 Å². The summed E-state index contributed by atoms with van der Waals surface area (Å²) in [6.07, 6.45) is 0.810. The van der Waals surface area contributed by atoms with Gasteiger partial charge in [0.25, 0.3) is 0 Å². The van der Waals surface area contributed by atoms with Crippen LogP contribution in [0.15, 0.2) is 18.2 Å². The number of rotatable bonds is 3. The molecular weight excluding hydrogens is 294 g/mol. The number of nitrogens with one attached hydrogen (secondary N) is 1. The molecular formula is C15H16ClNO4. The van der Waals surface area contributed by atoms with Crippen molar-refractivity contribution in [1.82, 2.24) is 0 Å². The number of aliphatic carboxylic acids is 1. The zero-order valence-corrected chi connectivity index (χ0v) is 12.3. The summed E-state index contributed by atoms with van der Waals surface area (Å²) in [6.45, 7) is 1.87. The van der Waals surface area contributed by atoms with Crippen LogP contribution in [0.25, 0.3) is 0 Å². The molecule has 4 atom stereocenters. The molecule has 5 nitrogen and oxygen atoms in total. The second-order valence-electron chi connectivity index (χ2n) is 5.63. The van der Waals surface area contributed by atoms with Gasteiger partial charge in [0.2, 0.25) is 5.91 Å². The average Bonchev–Trinajstić information content (AvgIpc) is 3.03. The highest BCUT2D eigenvalue weighted by molar-refractivity contribution is 6.31. The minimum atomic E-state index is -0.968. The van der Waals surface area contributed by atoms with Crippen LogP contribution in [0, 0.1) is 18.8 Å². The smallest absolute Gasteiger partial charge is 0.310 e. The maximum Gasteiger partial charge on any atom is 0.310 e. The fraction of sp³-hybridized carbons (Fsp3) is 0.467. The van der Waals surface area contributed by atoms with Gasteiger partial charge in [0.1, 0.15) is 0 Å². The first-order chi connectivity index (χ1) is 9.97. The first kappa shape index (κ1) is 14.4. The van der Waals surface area contributed by atoms with E-state index in [1.165, 1.54) is 0 Å². The van der Waals surface area contributed by atoms with E-state index in [1.807, 2.05) is 13.0 Å². The number of hydrogen-bond acceptors (Lipinski definition) is 3. The second kappa shape index (κ2) is 5.31. The molecule has 2 saturated heterocycles. The number of carbonyl (C=O) groups excluding carboxylic acids is 1. The molecule has 6 heteroatoms. The predicted octanol–water partition coefficient (Wildman–Crippen LogP) is 2.47. The lowest BCUT2D eigenvalue weighted by molar-refractivity contribution is -0.147. The Balaban J connectivity index is 1.78. The van der Waals surface area contributed by atoms with Crippen molar-refractivity contribution in [3.63, 3.8) is 0 Å². The van der Waals surface area contributed by atoms with E-state index in [-0.39, 0.29) is 18.1 Å². The molecule has 0 aromatic heterocycles. The second-order valence-corrected chi connectivity index (χ2v) is 6.04. The fourth-order valence-electron chi connectivity index (χ4n) is 3.22. The van der Waals surface area contributed by atoms with Crippen LogP contribution in [0.1, 0.15) is 18.4 Å². The van der Waals surface area contributed by atoms with Gasteiger partial charge in [-0.1, -0.05) is 17.7 Å². The average molecular weight is 310 g/mol. The van der Waals surface area contributed by atoms with Gasteiger partial charge in [-0.15, -0.1) is 0 Å². The SMILES string of the molecule is Cc1ccc(NC(=O)[C@@H]2[C@@H](C(=O)O)[C@@H]3CC[C@H]2O3)cc1Cl. The summed E-state index contributed by atoms with van der Waals surface area (Å²) in [7, 11) is 0. The molecule has 112 valence electrons. The third-order valence-electron chi connectivity index (χ3n) is 4.30. The molecule has 2 heterocycles. The number of ether oxygens (including phenoxy) is 1. The Labute approximate surface area is 127 Å². The first-order valence-electron chi connectivity index (χ1n) is 6.92. The molecule has 0 radical (unpaired) electrons. The van der Waals surface area contributed by atoms with Gasteiger partial charge >= 0.3 is 5.97 Å². The number of fused-ring (bicyclic) bond motifs is 2. The van der Waals surface area contributed by atoms with Crippen LogP contribution < -0.4 is 5.32 Å². The molecule has 2 aliphatic heterocycles. The summed E-state index contributed by atoms with van der Waals surface area (Å²) in [5, 5.41) is 12.6. The monoisotopic (exact) mass is 309 g/mol. The number of amides is 1. The molecule has 21 heavy (non-hydrogen) atoms. The van der Waals surface area contributed by atoms with E-state index in [4.69, 9.17) is 16.3 Å². The molecule has 1 amide bonds. The minimum Gasteiger partial charge on any atom is -0.481 e.